The molecule has 0 saturated heterocycles. The third-order valence-corrected chi connectivity index (χ3v) is 4.90. The fourth-order valence-electron chi connectivity index (χ4n) is 2.38. The van der Waals surface area contributed by atoms with Crippen LogP contribution in [-0.4, -0.2) is 26.5 Å². The minimum absolute atomic E-state index is 0.111. The summed E-state index contributed by atoms with van der Waals surface area (Å²) in [6, 6.07) is 6.14. The van der Waals surface area contributed by atoms with Crippen molar-refractivity contribution in [3.8, 4) is 0 Å². The summed E-state index contributed by atoms with van der Waals surface area (Å²) in [6.45, 7) is 8.75. The molecule has 0 radical (unpaired) electrons. The molecule has 1 rings (SSSR count). The van der Waals surface area contributed by atoms with Crippen molar-refractivity contribution in [2.24, 2.45) is 0 Å². The molecule has 3 nitrogen and oxygen atoms in total. The summed E-state index contributed by atoms with van der Waals surface area (Å²) in [4.78, 5) is 0. The lowest BCUT2D eigenvalue weighted by molar-refractivity contribution is 0.558. The van der Waals surface area contributed by atoms with E-state index in [-0.39, 0.29) is 17.5 Å². The van der Waals surface area contributed by atoms with E-state index in [1.165, 1.54) is 11.1 Å². The SMILES string of the molecule is CCCS(=O)(=O)CC(NCC)c1cc(C)cc(C)c1. The molecule has 1 aromatic carbocycles. The maximum absolute atomic E-state index is 12.0. The Morgan fingerprint density at radius 2 is 1.68 bits per heavy atom. The van der Waals surface area contributed by atoms with Crippen LogP contribution in [0.4, 0.5) is 0 Å². The Kier molecular flexibility index (Phi) is 6.01. The van der Waals surface area contributed by atoms with Gasteiger partial charge in [-0.15, -0.1) is 0 Å². The van der Waals surface area contributed by atoms with Crippen LogP contribution in [0.25, 0.3) is 0 Å². The normalized spacial score (nSPS) is 13.5. The van der Waals surface area contributed by atoms with Crippen molar-refractivity contribution in [1.29, 1.82) is 0 Å². The van der Waals surface area contributed by atoms with Gasteiger partial charge in [0, 0.05) is 11.8 Å². The first-order valence-corrected chi connectivity index (χ1v) is 8.72. The number of aryl methyl sites for hydroxylation is 2. The Morgan fingerprint density at radius 3 is 2.16 bits per heavy atom. The van der Waals surface area contributed by atoms with Gasteiger partial charge >= 0.3 is 0 Å². The van der Waals surface area contributed by atoms with E-state index in [0.717, 1.165) is 12.1 Å². The quantitative estimate of drug-likeness (QED) is 0.837. The van der Waals surface area contributed by atoms with Crippen LogP contribution in [0.2, 0.25) is 0 Å². The van der Waals surface area contributed by atoms with Gasteiger partial charge in [-0.3, -0.25) is 0 Å². The van der Waals surface area contributed by atoms with E-state index < -0.39 is 9.84 Å². The van der Waals surface area contributed by atoms with Crippen LogP contribution in [-0.2, 0) is 9.84 Å². The third kappa shape index (κ3) is 5.33. The molecule has 0 fully saturated rings. The van der Waals surface area contributed by atoms with Crippen LogP contribution in [0, 0.1) is 13.8 Å². The molecule has 1 atom stereocenters. The Balaban J connectivity index is 3.00. The lowest BCUT2D eigenvalue weighted by Gasteiger charge is -2.19. The molecule has 4 heteroatoms. The predicted molar refractivity (Wildman–Crippen MR) is 81.3 cm³/mol. The second-order valence-electron chi connectivity index (χ2n) is 5.15. The molecule has 0 heterocycles. The van der Waals surface area contributed by atoms with Gasteiger partial charge in [0.05, 0.1) is 5.75 Å². The number of hydrogen-bond donors (Lipinski definition) is 1. The molecule has 0 aliphatic carbocycles. The van der Waals surface area contributed by atoms with Gasteiger partial charge in [0.1, 0.15) is 0 Å². The average molecular weight is 283 g/mol. The first kappa shape index (κ1) is 16.2. The number of rotatable bonds is 7. The Morgan fingerprint density at radius 1 is 1.11 bits per heavy atom. The molecule has 19 heavy (non-hydrogen) atoms. The van der Waals surface area contributed by atoms with E-state index in [4.69, 9.17) is 0 Å². The maximum atomic E-state index is 12.0. The zero-order valence-corrected chi connectivity index (χ0v) is 13.2. The summed E-state index contributed by atoms with van der Waals surface area (Å²) in [7, 11) is -2.99. The van der Waals surface area contributed by atoms with Gasteiger partial charge < -0.3 is 5.32 Å². The predicted octanol–water partition coefficient (Wildman–Crippen LogP) is 2.78. The van der Waals surface area contributed by atoms with Crippen molar-refractivity contribution in [2.75, 3.05) is 18.1 Å². The summed E-state index contributed by atoms with van der Waals surface area (Å²) < 4.78 is 24.0. The van der Waals surface area contributed by atoms with Crippen molar-refractivity contribution in [3.63, 3.8) is 0 Å². The lowest BCUT2D eigenvalue weighted by atomic mass is 10.0. The van der Waals surface area contributed by atoms with Crippen LogP contribution < -0.4 is 5.32 Å². The van der Waals surface area contributed by atoms with Crippen molar-refractivity contribution >= 4 is 9.84 Å². The minimum Gasteiger partial charge on any atom is -0.309 e. The van der Waals surface area contributed by atoms with E-state index in [0.29, 0.717) is 6.42 Å². The van der Waals surface area contributed by atoms with Crippen LogP contribution in [0.1, 0.15) is 43.0 Å². The summed E-state index contributed by atoms with van der Waals surface area (Å²) in [6.07, 6.45) is 0.675. The molecule has 0 spiro atoms. The molecule has 0 aliphatic heterocycles. The zero-order chi connectivity index (χ0) is 14.5. The molecular formula is C15H25NO2S. The molecule has 1 aromatic rings. The first-order valence-electron chi connectivity index (χ1n) is 6.90. The molecule has 0 saturated carbocycles. The minimum atomic E-state index is -2.99. The molecule has 0 bridgehead atoms. The Bertz CT molecular complexity index is 489. The topological polar surface area (TPSA) is 46.2 Å². The highest BCUT2D eigenvalue weighted by Crippen LogP contribution is 2.19. The summed E-state index contributed by atoms with van der Waals surface area (Å²) in [5.41, 5.74) is 3.41. The number of benzene rings is 1. The van der Waals surface area contributed by atoms with Gasteiger partial charge in [-0.25, -0.2) is 8.42 Å². The fourth-order valence-corrected chi connectivity index (χ4v) is 3.99. The summed E-state index contributed by atoms with van der Waals surface area (Å²) in [5.74, 6) is 0.442. The monoisotopic (exact) mass is 283 g/mol. The standard InChI is InChI=1S/C15H25NO2S/c1-5-7-19(17,18)11-15(16-6-2)14-9-12(3)8-13(4)10-14/h8-10,15-16H,5-7,11H2,1-4H3. The first-order chi connectivity index (χ1) is 8.88. The average Bonchev–Trinajstić information content (AvgIpc) is 2.26. The zero-order valence-electron chi connectivity index (χ0n) is 12.4. The van der Waals surface area contributed by atoms with Crippen LogP contribution in [0.3, 0.4) is 0 Å². The molecule has 1 N–H and O–H groups in total. The van der Waals surface area contributed by atoms with Gasteiger partial charge in [0.15, 0.2) is 9.84 Å². The number of hydrogen-bond acceptors (Lipinski definition) is 3. The van der Waals surface area contributed by atoms with Crippen LogP contribution >= 0.6 is 0 Å². The smallest absolute Gasteiger partial charge is 0.152 e. The van der Waals surface area contributed by atoms with Crippen LogP contribution in [0.15, 0.2) is 18.2 Å². The van der Waals surface area contributed by atoms with Gasteiger partial charge in [-0.05, 0) is 32.4 Å². The van der Waals surface area contributed by atoms with Gasteiger partial charge in [-0.2, -0.15) is 0 Å². The van der Waals surface area contributed by atoms with Gasteiger partial charge in [0.2, 0.25) is 0 Å². The maximum Gasteiger partial charge on any atom is 0.152 e. The molecule has 0 aliphatic rings. The summed E-state index contributed by atoms with van der Waals surface area (Å²) >= 11 is 0. The highest BCUT2D eigenvalue weighted by Gasteiger charge is 2.19. The fraction of sp³-hybridized carbons (Fsp3) is 0.600. The molecule has 0 amide bonds. The van der Waals surface area contributed by atoms with E-state index in [1.54, 1.807) is 0 Å². The lowest BCUT2D eigenvalue weighted by Crippen LogP contribution is -2.29. The van der Waals surface area contributed by atoms with Crippen molar-refractivity contribution in [2.45, 2.75) is 40.2 Å². The summed E-state index contributed by atoms with van der Waals surface area (Å²) in [5, 5.41) is 3.29. The number of sulfone groups is 1. The second kappa shape index (κ2) is 7.06. The largest absolute Gasteiger partial charge is 0.309 e. The van der Waals surface area contributed by atoms with E-state index >= 15 is 0 Å². The highest BCUT2D eigenvalue weighted by molar-refractivity contribution is 7.91. The number of nitrogens with one attached hydrogen (secondary N) is 1. The second-order valence-corrected chi connectivity index (χ2v) is 7.37. The van der Waals surface area contributed by atoms with E-state index in [1.807, 2.05) is 27.7 Å². The molecule has 1 unspecified atom stereocenters. The molecule has 108 valence electrons. The highest BCUT2D eigenvalue weighted by atomic mass is 32.2. The molecular weight excluding hydrogens is 258 g/mol. The Hall–Kier alpha value is -0.870. The van der Waals surface area contributed by atoms with E-state index in [9.17, 15) is 8.42 Å². The third-order valence-electron chi connectivity index (χ3n) is 3.03. The van der Waals surface area contributed by atoms with Crippen LogP contribution in [0.5, 0.6) is 0 Å². The van der Waals surface area contributed by atoms with Crippen molar-refractivity contribution < 1.29 is 8.42 Å². The molecule has 0 aromatic heterocycles. The van der Waals surface area contributed by atoms with Crippen molar-refractivity contribution in [3.05, 3.63) is 34.9 Å². The van der Waals surface area contributed by atoms with Gasteiger partial charge in [-0.1, -0.05) is 43.2 Å². The Labute approximate surface area is 117 Å². The van der Waals surface area contributed by atoms with Crippen molar-refractivity contribution in [1.82, 2.24) is 5.32 Å². The van der Waals surface area contributed by atoms with E-state index in [2.05, 4.69) is 23.5 Å². The van der Waals surface area contributed by atoms with Gasteiger partial charge in [0.25, 0.3) is 0 Å².